The van der Waals surface area contributed by atoms with Gasteiger partial charge in [0.05, 0.1) is 18.8 Å². The third kappa shape index (κ3) is 1.49. The largest absolute Gasteiger partial charge is 0.374 e. The van der Waals surface area contributed by atoms with E-state index in [1.165, 1.54) is 12.8 Å². The fourth-order valence-corrected chi connectivity index (χ4v) is 2.69. The zero-order valence-electron chi connectivity index (χ0n) is 7.94. The Morgan fingerprint density at radius 3 is 2.85 bits per heavy atom. The Morgan fingerprint density at radius 2 is 2.23 bits per heavy atom. The van der Waals surface area contributed by atoms with E-state index in [0.717, 1.165) is 19.1 Å². The van der Waals surface area contributed by atoms with Crippen LogP contribution < -0.4 is 0 Å². The summed E-state index contributed by atoms with van der Waals surface area (Å²) in [5, 5.41) is 0. The first kappa shape index (κ1) is 8.21. The summed E-state index contributed by atoms with van der Waals surface area (Å²) in [6, 6.07) is 0. The second kappa shape index (κ2) is 2.94. The van der Waals surface area contributed by atoms with Crippen molar-refractivity contribution in [2.75, 3.05) is 13.2 Å². The lowest BCUT2D eigenvalue weighted by atomic mass is 9.83. The molecular weight excluding hydrogens is 168 g/mol. The molecule has 3 aliphatic heterocycles. The average molecular weight is 184 g/mol. The summed E-state index contributed by atoms with van der Waals surface area (Å²) in [7, 11) is 0. The first-order chi connectivity index (χ1) is 6.33. The fourth-order valence-electron chi connectivity index (χ4n) is 2.69. The summed E-state index contributed by atoms with van der Waals surface area (Å²) in [5.74, 6) is 1.35. The van der Waals surface area contributed by atoms with Crippen molar-refractivity contribution in [2.24, 2.45) is 11.8 Å². The van der Waals surface area contributed by atoms with Crippen LogP contribution in [0.25, 0.3) is 0 Å². The van der Waals surface area contributed by atoms with Crippen molar-refractivity contribution in [3.8, 4) is 0 Å². The van der Waals surface area contributed by atoms with Gasteiger partial charge in [0, 0.05) is 5.92 Å². The van der Waals surface area contributed by atoms with Gasteiger partial charge < -0.3 is 14.2 Å². The van der Waals surface area contributed by atoms with Crippen molar-refractivity contribution in [2.45, 2.75) is 38.3 Å². The minimum absolute atomic E-state index is 0.106. The maximum atomic E-state index is 5.83. The summed E-state index contributed by atoms with van der Waals surface area (Å²) in [6.07, 6.45) is 3.54. The summed E-state index contributed by atoms with van der Waals surface area (Å²) in [5.41, 5.74) is 0. The van der Waals surface area contributed by atoms with Crippen LogP contribution in [0.2, 0.25) is 0 Å². The van der Waals surface area contributed by atoms with E-state index in [4.69, 9.17) is 14.2 Å². The van der Waals surface area contributed by atoms with Crippen LogP contribution in [0.1, 0.15) is 19.8 Å². The minimum Gasteiger partial charge on any atom is -0.374 e. The number of ether oxygens (including phenoxy) is 3. The highest BCUT2D eigenvalue weighted by Crippen LogP contribution is 2.42. The quantitative estimate of drug-likeness (QED) is 0.617. The third-order valence-corrected chi connectivity index (χ3v) is 3.37. The molecule has 3 saturated heterocycles. The van der Waals surface area contributed by atoms with Gasteiger partial charge in [0.2, 0.25) is 0 Å². The van der Waals surface area contributed by atoms with Gasteiger partial charge in [-0.1, -0.05) is 6.92 Å². The van der Waals surface area contributed by atoms with Crippen molar-refractivity contribution in [1.29, 1.82) is 0 Å². The van der Waals surface area contributed by atoms with Crippen LogP contribution in [0.5, 0.6) is 0 Å². The molecule has 3 nitrogen and oxygen atoms in total. The van der Waals surface area contributed by atoms with E-state index < -0.39 is 0 Å². The van der Waals surface area contributed by atoms with E-state index in [-0.39, 0.29) is 6.29 Å². The van der Waals surface area contributed by atoms with Gasteiger partial charge in [-0.25, -0.2) is 0 Å². The first-order valence-electron chi connectivity index (χ1n) is 5.21. The van der Waals surface area contributed by atoms with Gasteiger partial charge in [0.25, 0.3) is 0 Å². The molecule has 0 aliphatic carbocycles. The van der Waals surface area contributed by atoms with E-state index >= 15 is 0 Å². The van der Waals surface area contributed by atoms with Gasteiger partial charge in [-0.2, -0.15) is 0 Å². The fraction of sp³-hybridized carbons (Fsp3) is 1.00. The van der Waals surface area contributed by atoms with E-state index in [1.54, 1.807) is 0 Å². The molecule has 74 valence electrons. The van der Waals surface area contributed by atoms with Gasteiger partial charge in [-0.15, -0.1) is 0 Å². The number of hydrogen-bond donors (Lipinski definition) is 0. The standard InChI is InChI=1S/C10H16O3/c1-6-2-8-3-7(10(6)13-8)4-11-9-5-12-9/h6-10H,2-5H2,1H3. The van der Waals surface area contributed by atoms with Crippen LogP contribution in [-0.4, -0.2) is 31.7 Å². The van der Waals surface area contributed by atoms with Crippen molar-refractivity contribution >= 4 is 0 Å². The summed E-state index contributed by atoms with van der Waals surface area (Å²) in [6.45, 7) is 3.90. The molecule has 0 aromatic heterocycles. The molecule has 3 heteroatoms. The third-order valence-electron chi connectivity index (χ3n) is 3.37. The Labute approximate surface area is 78.3 Å². The molecular formula is C10H16O3. The second-order valence-electron chi connectivity index (χ2n) is 4.53. The van der Waals surface area contributed by atoms with Gasteiger partial charge in [-0.05, 0) is 18.8 Å². The summed E-state index contributed by atoms with van der Waals surface area (Å²) in [4.78, 5) is 0. The van der Waals surface area contributed by atoms with Crippen LogP contribution in [0.15, 0.2) is 0 Å². The SMILES string of the molecule is CC1CC2CC(COC3CO3)C1O2. The zero-order chi connectivity index (χ0) is 8.84. The highest BCUT2D eigenvalue weighted by atomic mass is 16.8. The molecule has 5 unspecified atom stereocenters. The molecule has 0 spiro atoms. The van der Waals surface area contributed by atoms with Crippen LogP contribution >= 0.6 is 0 Å². The van der Waals surface area contributed by atoms with E-state index in [9.17, 15) is 0 Å². The summed E-state index contributed by atoms with van der Waals surface area (Å²) < 4.78 is 16.4. The predicted molar refractivity (Wildman–Crippen MR) is 46.2 cm³/mol. The monoisotopic (exact) mass is 184 g/mol. The zero-order valence-corrected chi connectivity index (χ0v) is 7.94. The minimum atomic E-state index is 0.106. The molecule has 0 aromatic rings. The van der Waals surface area contributed by atoms with Crippen molar-refractivity contribution in [3.05, 3.63) is 0 Å². The molecule has 13 heavy (non-hydrogen) atoms. The number of fused-ring (bicyclic) bond motifs is 2. The van der Waals surface area contributed by atoms with Crippen LogP contribution in [0.3, 0.4) is 0 Å². The highest BCUT2D eigenvalue weighted by molar-refractivity contribution is 4.93. The molecule has 3 fully saturated rings. The number of epoxide rings is 1. The Balaban J connectivity index is 1.53. The number of rotatable bonds is 3. The smallest absolute Gasteiger partial charge is 0.181 e. The van der Waals surface area contributed by atoms with E-state index in [1.807, 2.05) is 0 Å². The lowest BCUT2D eigenvalue weighted by Crippen LogP contribution is -2.28. The Morgan fingerprint density at radius 1 is 1.38 bits per heavy atom. The molecule has 0 amide bonds. The van der Waals surface area contributed by atoms with Crippen molar-refractivity contribution < 1.29 is 14.2 Å². The topological polar surface area (TPSA) is 31.0 Å². The Kier molecular flexibility index (Phi) is 1.86. The lowest BCUT2D eigenvalue weighted by molar-refractivity contribution is 0.000828. The molecule has 2 bridgehead atoms. The second-order valence-corrected chi connectivity index (χ2v) is 4.53. The Bertz CT molecular complexity index is 202. The van der Waals surface area contributed by atoms with Crippen LogP contribution in [0, 0.1) is 11.8 Å². The van der Waals surface area contributed by atoms with Crippen LogP contribution in [-0.2, 0) is 14.2 Å². The van der Waals surface area contributed by atoms with Gasteiger partial charge in [-0.3, -0.25) is 0 Å². The van der Waals surface area contributed by atoms with Crippen LogP contribution in [0.4, 0.5) is 0 Å². The first-order valence-corrected chi connectivity index (χ1v) is 5.21. The van der Waals surface area contributed by atoms with Crippen molar-refractivity contribution in [1.82, 2.24) is 0 Å². The Hall–Kier alpha value is -0.120. The molecule has 3 aliphatic rings. The molecule has 0 radical (unpaired) electrons. The van der Waals surface area contributed by atoms with Gasteiger partial charge in [0.15, 0.2) is 6.29 Å². The molecule has 3 rings (SSSR count). The normalized spacial score (nSPS) is 52.8. The summed E-state index contributed by atoms with van der Waals surface area (Å²) >= 11 is 0. The van der Waals surface area contributed by atoms with E-state index in [2.05, 4.69) is 6.92 Å². The highest BCUT2D eigenvalue weighted by Gasteiger charge is 2.45. The maximum Gasteiger partial charge on any atom is 0.181 e. The molecule has 3 heterocycles. The molecule has 0 saturated carbocycles. The predicted octanol–water partition coefficient (Wildman–Crippen LogP) is 1.17. The lowest BCUT2D eigenvalue weighted by Gasteiger charge is -2.22. The van der Waals surface area contributed by atoms with E-state index in [0.29, 0.717) is 18.1 Å². The van der Waals surface area contributed by atoms with Gasteiger partial charge >= 0.3 is 0 Å². The molecule has 0 aromatic carbocycles. The molecule has 0 N–H and O–H groups in total. The average Bonchev–Trinajstić information content (AvgIpc) is 2.76. The van der Waals surface area contributed by atoms with Crippen molar-refractivity contribution in [3.63, 3.8) is 0 Å². The van der Waals surface area contributed by atoms with Gasteiger partial charge in [0.1, 0.15) is 6.61 Å². The maximum absolute atomic E-state index is 5.83. The molecule has 5 atom stereocenters. The number of hydrogen-bond acceptors (Lipinski definition) is 3.